The van der Waals surface area contributed by atoms with Crippen molar-refractivity contribution in [3.05, 3.63) is 143 Å². The van der Waals surface area contributed by atoms with Crippen LogP contribution in [-0.2, 0) is 6.42 Å². The number of fused-ring (bicyclic) bond motifs is 6. The van der Waals surface area contributed by atoms with Crippen LogP contribution in [0.25, 0.3) is 65.7 Å². The first-order valence-electron chi connectivity index (χ1n) is 17.2. The standard InChI is InChI=1S/C39H28/c1-24-21-35-31-17-7-4-13-28(31)23-36(35)37(25(24)2)34-20-10-15-29-22-27-12-5-8-18-32(27)39(38(29)34)33-19-9-14-26-11-3-6-16-30(26)33/h3-22H,23H2,1-2H3/i5D,8D,10D,12D,15D,18D,20D,22D. The zero-order chi connectivity index (χ0) is 33.0. The van der Waals surface area contributed by atoms with Gasteiger partial charge in [-0.15, -0.1) is 0 Å². The van der Waals surface area contributed by atoms with Crippen LogP contribution in [-0.4, -0.2) is 0 Å². The van der Waals surface area contributed by atoms with Crippen molar-refractivity contribution >= 4 is 32.3 Å². The van der Waals surface area contributed by atoms with Crippen LogP contribution in [0, 0.1) is 13.8 Å². The molecule has 39 heavy (non-hydrogen) atoms. The van der Waals surface area contributed by atoms with Crippen molar-refractivity contribution < 1.29 is 11.0 Å². The van der Waals surface area contributed by atoms with E-state index in [-0.39, 0.29) is 52.4 Å². The summed E-state index contributed by atoms with van der Waals surface area (Å²) in [6.45, 7) is 4.03. The minimum Gasteiger partial charge on any atom is -0.0619 e. The molecule has 0 spiro atoms. The zero-order valence-electron chi connectivity index (χ0n) is 29.6. The smallest absolute Gasteiger partial charge is 0.0619 e. The van der Waals surface area contributed by atoms with Crippen LogP contribution in [0.1, 0.15) is 33.2 Å². The Bertz CT molecular complexity index is 2540. The summed E-state index contributed by atoms with van der Waals surface area (Å²) in [4.78, 5) is 0. The number of aryl methyl sites for hydroxylation is 1. The van der Waals surface area contributed by atoms with E-state index in [2.05, 4.69) is 18.2 Å². The maximum atomic E-state index is 9.50. The third-order valence-electron chi connectivity index (χ3n) is 8.25. The van der Waals surface area contributed by atoms with Crippen molar-refractivity contribution in [3.8, 4) is 33.4 Å². The van der Waals surface area contributed by atoms with Crippen LogP contribution in [0.4, 0.5) is 0 Å². The van der Waals surface area contributed by atoms with Gasteiger partial charge in [0.15, 0.2) is 0 Å². The van der Waals surface area contributed by atoms with Crippen molar-refractivity contribution in [2.24, 2.45) is 0 Å². The van der Waals surface area contributed by atoms with Gasteiger partial charge in [0.25, 0.3) is 0 Å². The Morgan fingerprint density at radius 3 is 2.31 bits per heavy atom. The maximum Gasteiger partial charge on any atom is 0.0636 e. The second-order valence-electron chi connectivity index (χ2n) is 10.3. The van der Waals surface area contributed by atoms with Crippen LogP contribution in [0.2, 0.25) is 0 Å². The van der Waals surface area contributed by atoms with Crippen molar-refractivity contribution in [1.29, 1.82) is 0 Å². The van der Waals surface area contributed by atoms with E-state index < -0.39 is 12.1 Å². The summed E-state index contributed by atoms with van der Waals surface area (Å²) < 4.78 is 72.5. The monoisotopic (exact) mass is 504 g/mol. The third-order valence-corrected chi connectivity index (χ3v) is 8.25. The minimum absolute atomic E-state index is 0.00149. The molecule has 1 aliphatic rings. The number of hydrogen-bond donors (Lipinski definition) is 0. The van der Waals surface area contributed by atoms with Crippen LogP contribution in [0.3, 0.4) is 0 Å². The van der Waals surface area contributed by atoms with Crippen molar-refractivity contribution in [2.45, 2.75) is 20.3 Å². The van der Waals surface area contributed by atoms with E-state index in [1.807, 2.05) is 68.4 Å². The second kappa shape index (κ2) is 8.41. The van der Waals surface area contributed by atoms with Crippen LogP contribution in [0.15, 0.2) is 121 Å². The molecule has 8 rings (SSSR count). The van der Waals surface area contributed by atoms with Gasteiger partial charge in [-0.3, -0.25) is 0 Å². The first kappa shape index (κ1) is 15.7. The lowest BCUT2D eigenvalue weighted by Gasteiger charge is -2.21. The molecule has 1 aliphatic carbocycles. The molecule has 0 saturated carbocycles. The van der Waals surface area contributed by atoms with E-state index in [1.165, 1.54) is 0 Å². The van der Waals surface area contributed by atoms with E-state index in [1.54, 1.807) is 0 Å². The Labute approximate surface area is 240 Å². The molecule has 0 aliphatic heterocycles. The number of rotatable bonds is 2. The fraction of sp³-hybridized carbons (Fsp3) is 0.0769. The van der Waals surface area contributed by atoms with Gasteiger partial charge in [-0.25, -0.2) is 0 Å². The summed E-state index contributed by atoms with van der Waals surface area (Å²) in [5.41, 5.74) is 8.56. The maximum absolute atomic E-state index is 9.50. The van der Waals surface area contributed by atoms with E-state index in [0.717, 1.165) is 49.7 Å². The first-order chi connectivity index (χ1) is 22.5. The summed E-state index contributed by atoms with van der Waals surface area (Å²) in [5, 5.41) is 2.42. The van der Waals surface area contributed by atoms with Crippen molar-refractivity contribution in [3.63, 3.8) is 0 Å². The molecule has 0 saturated heterocycles. The Morgan fingerprint density at radius 2 is 1.36 bits per heavy atom. The van der Waals surface area contributed by atoms with Gasteiger partial charge < -0.3 is 0 Å². The Balaban J connectivity index is 1.71. The quantitative estimate of drug-likeness (QED) is 0.205. The summed E-state index contributed by atoms with van der Waals surface area (Å²) in [7, 11) is 0. The molecule has 184 valence electrons. The Morgan fingerprint density at radius 1 is 0.590 bits per heavy atom. The summed E-state index contributed by atoms with van der Waals surface area (Å²) in [6.07, 6.45) is 0.614. The normalized spacial score (nSPS) is 15.1. The fourth-order valence-corrected chi connectivity index (χ4v) is 6.35. The van der Waals surface area contributed by atoms with Gasteiger partial charge in [-0.05, 0) is 114 Å². The number of benzene rings is 7. The average molecular weight is 505 g/mol. The molecule has 0 radical (unpaired) electrons. The predicted octanol–water partition coefficient (Wildman–Crippen LogP) is 10.7. The largest absolute Gasteiger partial charge is 0.0636 e. The van der Waals surface area contributed by atoms with E-state index in [4.69, 9.17) is 5.48 Å². The zero-order valence-corrected chi connectivity index (χ0v) is 21.6. The molecular weight excluding hydrogens is 468 g/mol. The molecule has 0 aromatic heterocycles. The summed E-state index contributed by atoms with van der Waals surface area (Å²) in [5.74, 6) is 0. The lowest BCUT2D eigenvalue weighted by atomic mass is 9.82. The van der Waals surface area contributed by atoms with Gasteiger partial charge in [-0.1, -0.05) is 115 Å². The molecule has 0 unspecified atom stereocenters. The van der Waals surface area contributed by atoms with Crippen molar-refractivity contribution in [2.75, 3.05) is 0 Å². The third kappa shape index (κ3) is 3.25. The summed E-state index contributed by atoms with van der Waals surface area (Å²) >= 11 is 0. The predicted molar refractivity (Wildman–Crippen MR) is 168 cm³/mol. The highest BCUT2D eigenvalue weighted by atomic mass is 14.3. The number of hydrogen-bond acceptors (Lipinski definition) is 0. The van der Waals surface area contributed by atoms with E-state index in [0.29, 0.717) is 28.5 Å². The van der Waals surface area contributed by atoms with Crippen LogP contribution in [0.5, 0.6) is 0 Å². The molecule has 0 nitrogen and oxygen atoms in total. The molecule has 0 bridgehead atoms. The molecule has 0 N–H and O–H groups in total. The summed E-state index contributed by atoms with van der Waals surface area (Å²) in [6, 6.07) is 21.4. The first-order valence-corrected chi connectivity index (χ1v) is 13.2. The lowest BCUT2D eigenvalue weighted by Crippen LogP contribution is -1.97. The lowest BCUT2D eigenvalue weighted by molar-refractivity contribution is 1.23. The van der Waals surface area contributed by atoms with Gasteiger partial charge in [0.05, 0.1) is 11.0 Å². The molecule has 7 aromatic carbocycles. The van der Waals surface area contributed by atoms with Crippen LogP contribution < -0.4 is 0 Å². The molecule has 0 atom stereocenters. The molecule has 7 aromatic rings. The van der Waals surface area contributed by atoms with Gasteiger partial charge in [0, 0.05) is 0 Å². The Hall–Kier alpha value is -4.68. The van der Waals surface area contributed by atoms with E-state index in [9.17, 15) is 5.48 Å². The van der Waals surface area contributed by atoms with E-state index >= 15 is 0 Å². The highest BCUT2D eigenvalue weighted by molar-refractivity contribution is 6.21. The molecule has 0 fully saturated rings. The van der Waals surface area contributed by atoms with Crippen LogP contribution >= 0.6 is 0 Å². The SMILES string of the molecule is [2H]c1c([2H])c([2H])c2c(-c3cccc4ccccc34)c3c(-c4c(C)c(C)cc5c4Cc4ccccc4-5)c([2H])c([2H])c([2H])c3c([2H])c2c1[2H]. The highest BCUT2D eigenvalue weighted by Crippen LogP contribution is 2.49. The average Bonchev–Trinajstić information content (AvgIpc) is 3.44. The second-order valence-corrected chi connectivity index (χ2v) is 10.3. The van der Waals surface area contributed by atoms with Gasteiger partial charge in [0.1, 0.15) is 0 Å². The molecule has 0 heterocycles. The van der Waals surface area contributed by atoms with Gasteiger partial charge >= 0.3 is 0 Å². The Kier molecular flexibility index (Phi) is 3.38. The van der Waals surface area contributed by atoms with Crippen molar-refractivity contribution in [1.82, 2.24) is 0 Å². The topological polar surface area (TPSA) is 0 Å². The highest BCUT2D eigenvalue weighted by Gasteiger charge is 2.26. The minimum atomic E-state index is -0.459. The van der Waals surface area contributed by atoms with Gasteiger partial charge in [0.2, 0.25) is 0 Å². The molecular formula is C39H28. The van der Waals surface area contributed by atoms with Gasteiger partial charge in [-0.2, -0.15) is 0 Å². The molecule has 0 heteroatoms. The fourth-order valence-electron chi connectivity index (χ4n) is 6.35. The molecule has 0 amide bonds.